The topological polar surface area (TPSA) is 125 Å². The summed E-state index contributed by atoms with van der Waals surface area (Å²) in [7, 11) is 0. The minimum atomic E-state index is -0.764. The van der Waals surface area contributed by atoms with Gasteiger partial charge < -0.3 is 13.7 Å². The van der Waals surface area contributed by atoms with E-state index in [9.17, 15) is 14.4 Å². The summed E-state index contributed by atoms with van der Waals surface area (Å²) in [5.41, 5.74) is 1.75. The van der Waals surface area contributed by atoms with Crippen LogP contribution in [0.25, 0.3) is 11.1 Å². The molecular formula is C18H15N3O6. The molecule has 138 valence electrons. The van der Waals surface area contributed by atoms with Crippen LogP contribution >= 0.6 is 0 Å². The van der Waals surface area contributed by atoms with Gasteiger partial charge >= 0.3 is 5.97 Å². The minimum absolute atomic E-state index is 0.0142. The molecule has 27 heavy (non-hydrogen) atoms. The molecule has 2 amide bonds. The van der Waals surface area contributed by atoms with E-state index in [0.29, 0.717) is 17.0 Å². The third kappa shape index (κ3) is 3.43. The SMILES string of the molecule is Cc1noc2nc(C3CC3)cc(C(=O)OCC(=O)NC(=O)c3ccco3)c12. The summed E-state index contributed by atoms with van der Waals surface area (Å²) in [4.78, 5) is 40.5. The van der Waals surface area contributed by atoms with Crippen LogP contribution in [0.2, 0.25) is 0 Å². The lowest BCUT2D eigenvalue weighted by molar-refractivity contribution is -0.123. The van der Waals surface area contributed by atoms with Crippen LogP contribution in [-0.2, 0) is 9.53 Å². The van der Waals surface area contributed by atoms with Gasteiger partial charge in [-0.3, -0.25) is 14.9 Å². The first-order valence-corrected chi connectivity index (χ1v) is 8.34. The summed E-state index contributed by atoms with van der Waals surface area (Å²) >= 11 is 0. The number of fused-ring (bicyclic) bond motifs is 1. The van der Waals surface area contributed by atoms with Gasteiger partial charge in [0.15, 0.2) is 12.4 Å². The van der Waals surface area contributed by atoms with Gasteiger partial charge in [-0.1, -0.05) is 5.16 Å². The van der Waals surface area contributed by atoms with Crippen LogP contribution in [0.4, 0.5) is 0 Å². The van der Waals surface area contributed by atoms with Crippen molar-refractivity contribution in [3.05, 3.63) is 47.2 Å². The predicted octanol–water partition coefficient (Wildman–Crippen LogP) is 2.12. The molecule has 1 fully saturated rings. The Morgan fingerprint density at radius 1 is 1.33 bits per heavy atom. The van der Waals surface area contributed by atoms with E-state index in [2.05, 4.69) is 15.5 Å². The summed E-state index contributed by atoms with van der Waals surface area (Å²) in [6.07, 6.45) is 3.31. The molecule has 3 aromatic heterocycles. The van der Waals surface area contributed by atoms with E-state index < -0.39 is 24.4 Å². The lowest BCUT2D eigenvalue weighted by atomic mass is 10.1. The largest absolute Gasteiger partial charge is 0.459 e. The molecular weight excluding hydrogens is 354 g/mol. The number of imide groups is 1. The molecule has 9 heteroatoms. The summed E-state index contributed by atoms with van der Waals surface area (Å²) in [6, 6.07) is 4.59. The molecule has 4 rings (SSSR count). The minimum Gasteiger partial charge on any atom is -0.459 e. The number of carbonyl (C=O) groups excluding carboxylic acids is 3. The zero-order valence-corrected chi connectivity index (χ0v) is 14.4. The summed E-state index contributed by atoms with van der Waals surface area (Å²) in [5.74, 6) is -1.91. The molecule has 1 N–H and O–H groups in total. The summed E-state index contributed by atoms with van der Waals surface area (Å²) in [5, 5.41) is 6.38. The normalized spacial score (nSPS) is 13.5. The number of nitrogens with one attached hydrogen (secondary N) is 1. The molecule has 1 saturated carbocycles. The summed E-state index contributed by atoms with van der Waals surface area (Å²) < 4.78 is 15.1. The van der Waals surface area contributed by atoms with Crippen molar-refractivity contribution >= 4 is 28.9 Å². The highest BCUT2D eigenvalue weighted by molar-refractivity contribution is 6.06. The van der Waals surface area contributed by atoms with Gasteiger partial charge in [0.05, 0.1) is 22.9 Å². The molecule has 3 heterocycles. The number of nitrogens with zero attached hydrogens (tertiary/aromatic N) is 2. The highest BCUT2D eigenvalue weighted by Gasteiger charge is 2.29. The molecule has 0 aliphatic heterocycles. The Balaban J connectivity index is 1.47. The average Bonchev–Trinajstić information content (AvgIpc) is 3.22. The predicted molar refractivity (Wildman–Crippen MR) is 90.0 cm³/mol. The number of amides is 2. The first-order chi connectivity index (χ1) is 13.0. The van der Waals surface area contributed by atoms with Gasteiger partial charge in [0, 0.05) is 11.6 Å². The first-order valence-electron chi connectivity index (χ1n) is 8.34. The number of aryl methyl sites for hydroxylation is 1. The van der Waals surface area contributed by atoms with Crippen LogP contribution in [0.1, 0.15) is 51.1 Å². The smallest absolute Gasteiger partial charge is 0.339 e. The Hall–Kier alpha value is -3.49. The Kier molecular flexibility index (Phi) is 4.19. The maximum absolute atomic E-state index is 12.5. The lowest BCUT2D eigenvalue weighted by Crippen LogP contribution is -2.34. The molecule has 0 bridgehead atoms. The quantitative estimate of drug-likeness (QED) is 0.678. The molecule has 1 aliphatic carbocycles. The van der Waals surface area contributed by atoms with Crippen LogP contribution in [-0.4, -0.2) is 34.5 Å². The van der Waals surface area contributed by atoms with Gasteiger partial charge in [-0.05, 0) is 38.0 Å². The number of pyridine rings is 1. The van der Waals surface area contributed by atoms with Crippen molar-refractivity contribution in [2.45, 2.75) is 25.7 Å². The number of hydrogen-bond acceptors (Lipinski definition) is 8. The maximum atomic E-state index is 12.5. The van der Waals surface area contributed by atoms with E-state index >= 15 is 0 Å². The molecule has 3 aromatic rings. The molecule has 0 saturated heterocycles. The van der Waals surface area contributed by atoms with Crippen LogP contribution in [0.3, 0.4) is 0 Å². The lowest BCUT2D eigenvalue weighted by Gasteiger charge is -2.07. The molecule has 0 atom stereocenters. The van der Waals surface area contributed by atoms with Crippen molar-refractivity contribution in [1.29, 1.82) is 0 Å². The first kappa shape index (κ1) is 17.0. The number of ether oxygens (including phenoxy) is 1. The van der Waals surface area contributed by atoms with Gasteiger partial charge in [0.2, 0.25) is 0 Å². The van der Waals surface area contributed by atoms with Gasteiger partial charge in [0.1, 0.15) is 0 Å². The van der Waals surface area contributed by atoms with Crippen LogP contribution in [0.5, 0.6) is 0 Å². The van der Waals surface area contributed by atoms with Gasteiger partial charge in [-0.25, -0.2) is 9.78 Å². The third-order valence-electron chi connectivity index (χ3n) is 4.18. The molecule has 1 aliphatic rings. The highest BCUT2D eigenvalue weighted by Crippen LogP contribution is 2.40. The van der Waals surface area contributed by atoms with Crippen molar-refractivity contribution in [2.24, 2.45) is 0 Å². The zero-order chi connectivity index (χ0) is 19.0. The van der Waals surface area contributed by atoms with Crippen LogP contribution in [0.15, 0.2) is 33.4 Å². The molecule has 9 nitrogen and oxygen atoms in total. The zero-order valence-electron chi connectivity index (χ0n) is 14.4. The standard InChI is InChI=1S/C18H15N3O6/c1-9-15-11(7-12(10-4-5-10)19-17(15)27-21-9)18(24)26-8-14(22)20-16(23)13-3-2-6-25-13/h2-3,6-7,10H,4-5,8H2,1H3,(H,20,22,23). The Morgan fingerprint density at radius 2 is 2.15 bits per heavy atom. The number of furan rings is 1. The molecule has 0 aromatic carbocycles. The van der Waals surface area contributed by atoms with E-state index in [4.69, 9.17) is 13.7 Å². The van der Waals surface area contributed by atoms with Gasteiger partial charge in [0.25, 0.3) is 17.5 Å². The van der Waals surface area contributed by atoms with Gasteiger partial charge in [-0.15, -0.1) is 0 Å². The Morgan fingerprint density at radius 3 is 2.85 bits per heavy atom. The maximum Gasteiger partial charge on any atom is 0.339 e. The van der Waals surface area contributed by atoms with Crippen LogP contribution < -0.4 is 5.32 Å². The van der Waals surface area contributed by atoms with E-state index in [-0.39, 0.29) is 17.0 Å². The third-order valence-corrected chi connectivity index (χ3v) is 4.18. The monoisotopic (exact) mass is 369 g/mol. The van der Waals surface area contributed by atoms with E-state index in [0.717, 1.165) is 18.5 Å². The highest BCUT2D eigenvalue weighted by atomic mass is 16.5. The van der Waals surface area contributed by atoms with E-state index in [1.54, 1.807) is 13.0 Å². The van der Waals surface area contributed by atoms with E-state index in [1.807, 2.05) is 0 Å². The Labute approximate surface area is 152 Å². The number of carbonyl (C=O) groups is 3. The second-order valence-electron chi connectivity index (χ2n) is 6.25. The number of esters is 1. The fourth-order valence-corrected chi connectivity index (χ4v) is 2.70. The second-order valence-corrected chi connectivity index (χ2v) is 6.25. The number of aromatic nitrogens is 2. The van der Waals surface area contributed by atoms with Crippen LogP contribution in [0, 0.1) is 6.92 Å². The van der Waals surface area contributed by atoms with E-state index in [1.165, 1.54) is 18.4 Å². The van der Waals surface area contributed by atoms with Crippen molar-refractivity contribution < 1.29 is 28.1 Å². The number of rotatable bonds is 5. The number of hydrogen-bond donors (Lipinski definition) is 1. The average molecular weight is 369 g/mol. The molecule has 0 radical (unpaired) electrons. The fraction of sp³-hybridized carbons (Fsp3) is 0.278. The van der Waals surface area contributed by atoms with Crippen molar-refractivity contribution in [2.75, 3.05) is 6.61 Å². The second kappa shape index (κ2) is 6.67. The fourth-order valence-electron chi connectivity index (χ4n) is 2.70. The molecule has 0 unspecified atom stereocenters. The van der Waals surface area contributed by atoms with Crippen molar-refractivity contribution in [1.82, 2.24) is 15.5 Å². The summed E-state index contributed by atoms with van der Waals surface area (Å²) in [6.45, 7) is 1.08. The van der Waals surface area contributed by atoms with Crippen molar-refractivity contribution in [3.63, 3.8) is 0 Å². The Bertz CT molecular complexity index is 1030. The van der Waals surface area contributed by atoms with Crippen molar-refractivity contribution in [3.8, 4) is 0 Å². The molecule has 0 spiro atoms. The van der Waals surface area contributed by atoms with Gasteiger partial charge in [-0.2, -0.15) is 0 Å².